The van der Waals surface area contributed by atoms with Gasteiger partial charge in [-0.2, -0.15) is 0 Å². The zero-order chi connectivity index (χ0) is 15.5. The summed E-state index contributed by atoms with van der Waals surface area (Å²) in [4.78, 5) is 0. The number of aliphatic hydroxyl groups is 1. The van der Waals surface area contributed by atoms with Gasteiger partial charge in [0.25, 0.3) is 0 Å². The fourth-order valence-corrected chi connectivity index (χ4v) is 7.55. The van der Waals surface area contributed by atoms with E-state index in [2.05, 4.69) is 26.8 Å². The quantitative estimate of drug-likeness (QED) is 0.648. The van der Waals surface area contributed by atoms with Gasteiger partial charge in [0.1, 0.15) is 0 Å². The van der Waals surface area contributed by atoms with Crippen molar-refractivity contribution in [2.75, 3.05) is 0 Å². The van der Waals surface area contributed by atoms with Gasteiger partial charge in [-0.3, -0.25) is 0 Å². The van der Waals surface area contributed by atoms with Crippen LogP contribution in [0.15, 0.2) is 11.6 Å². The smallest absolute Gasteiger partial charge is 0.0576 e. The minimum absolute atomic E-state index is 0.0386. The molecule has 4 aliphatic rings. The molecule has 0 spiro atoms. The van der Waals surface area contributed by atoms with Gasteiger partial charge in [-0.15, -0.1) is 0 Å². The van der Waals surface area contributed by atoms with Crippen molar-refractivity contribution in [1.29, 1.82) is 0 Å². The molecule has 3 saturated carbocycles. The van der Waals surface area contributed by atoms with Crippen molar-refractivity contribution in [3.8, 4) is 0 Å². The van der Waals surface area contributed by atoms with Crippen LogP contribution in [0.4, 0.5) is 0 Å². The summed E-state index contributed by atoms with van der Waals surface area (Å²) in [5, 5.41) is 10.7. The highest BCUT2D eigenvalue weighted by Crippen LogP contribution is 2.66. The number of hydrogen-bond acceptors (Lipinski definition) is 1. The van der Waals surface area contributed by atoms with Crippen molar-refractivity contribution in [3.05, 3.63) is 11.6 Å². The van der Waals surface area contributed by atoms with Gasteiger partial charge in [-0.25, -0.2) is 0 Å². The van der Waals surface area contributed by atoms with E-state index in [0.717, 1.165) is 30.6 Å². The maximum absolute atomic E-state index is 10.7. The molecular weight excluding hydrogens is 268 g/mol. The minimum Gasteiger partial charge on any atom is -0.393 e. The molecule has 0 aromatic rings. The third-order valence-electron chi connectivity index (χ3n) is 8.70. The van der Waals surface area contributed by atoms with Gasteiger partial charge < -0.3 is 5.11 Å². The molecular formula is C21H34O. The van der Waals surface area contributed by atoms with E-state index >= 15 is 0 Å². The lowest BCUT2D eigenvalue weighted by Crippen LogP contribution is -2.49. The topological polar surface area (TPSA) is 20.2 Å². The lowest BCUT2D eigenvalue weighted by molar-refractivity contribution is -0.0443. The SMILES string of the molecule is CC[C@H]1[C@@H](O)C[C@H]2[C@@H]3CC=C4CCCC[C@]4(C)[C@H]3CC[C@@]21C. The Morgan fingerprint density at radius 1 is 1.18 bits per heavy atom. The first-order valence-corrected chi connectivity index (χ1v) is 9.88. The van der Waals surface area contributed by atoms with Crippen LogP contribution >= 0.6 is 0 Å². The Bertz CT molecular complexity index is 480. The first kappa shape index (κ1) is 15.2. The third kappa shape index (κ3) is 1.87. The second kappa shape index (κ2) is 5.10. The first-order valence-electron chi connectivity index (χ1n) is 9.88. The third-order valence-corrected chi connectivity index (χ3v) is 8.70. The Balaban J connectivity index is 1.68. The largest absolute Gasteiger partial charge is 0.393 e. The molecule has 4 rings (SSSR count). The van der Waals surface area contributed by atoms with Gasteiger partial charge in [0.2, 0.25) is 0 Å². The Morgan fingerprint density at radius 2 is 2.00 bits per heavy atom. The monoisotopic (exact) mass is 302 g/mol. The molecule has 0 amide bonds. The highest BCUT2D eigenvalue weighted by atomic mass is 16.3. The van der Waals surface area contributed by atoms with Gasteiger partial charge in [-0.1, -0.05) is 45.3 Å². The lowest BCUT2D eigenvalue weighted by atomic mass is 9.47. The van der Waals surface area contributed by atoms with Crippen molar-refractivity contribution >= 4 is 0 Å². The Morgan fingerprint density at radius 3 is 2.77 bits per heavy atom. The molecule has 1 heteroatoms. The van der Waals surface area contributed by atoms with Crippen LogP contribution in [-0.2, 0) is 0 Å². The van der Waals surface area contributed by atoms with Gasteiger partial charge in [0, 0.05) is 0 Å². The van der Waals surface area contributed by atoms with Crippen LogP contribution in [0.3, 0.4) is 0 Å². The van der Waals surface area contributed by atoms with Crippen LogP contribution in [0.5, 0.6) is 0 Å². The molecule has 3 fully saturated rings. The predicted octanol–water partition coefficient (Wildman–Crippen LogP) is 5.34. The van der Waals surface area contributed by atoms with E-state index in [9.17, 15) is 5.11 Å². The molecule has 0 aromatic carbocycles. The van der Waals surface area contributed by atoms with Crippen LogP contribution < -0.4 is 0 Å². The molecule has 0 aromatic heterocycles. The lowest BCUT2D eigenvalue weighted by Gasteiger charge is -2.57. The standard InChI is InChI=1S/C21H34O/c1-4-16-19(22)13-18-15-9-8-14-7-5-6-11-20(14,2)17(15)10-12-21(16,18)3/h8,15-19,22H,4-7,9-13H2,1-3H3/t15-,16+,17+,18+,19+,20+,21-/m1/s1. The predicted molar refractivity (Wildman–Crippen MR) is 91.5 cm³/mol. The Hall–Kier alpha value is -0.300. The van der Waals surface area contributed by atoms with E-state index in [4.69, 9.17) is 0 Å². The zero-order valence-electron chi connectivity index (χ0n) is 14.8. The van der Waals surface area contributed by atoms with Gasteiger partial charge in [-0.05, 0) is 79.4 Å². The van der Waals surface area contributed by atoms with E-state index in [1.807, 2.05) is 0 Å². The summed E-state index contributed by atoms with van der Waals surface area (Å²) in [7, 11) is 0. The molecule has 1 nitrogen and oxygen atoms in total. The molecule has 4 aliphatic carbocycles. The summed E-state index contributed by atoms with van der Waals surface area (Å²) < 4.78 is 0. The number of allylic oxidation sites excluding steroid dienone is 2. The first-order chi connectivity index (χ1) is 10.5. The normalized spacial score (nSPS) is 54.2. The van der Waals surface area contributed by atoms with Crippen LogP contribution in [-0.4, -0.2) is 11.2 Å². The molecule has 124 valence electrons. The molecule has 0 radical (unpaired) electrons. The molecule has 0 unspecified atom stereocenters. The van der Waals surface area contributed by atoms with Crippen LogP contribution in [0.1, 0.15) is 78.6 Å². The summed E-state index contributed by atoms with van der Waals surface area (Å²) in [5.41, 5.74) is 2.71. The average molecular weight is 303 g/mol. The highest BCUT2D eigenvalue weighted by Gasteiger charge is 2.59. The maximum Gasteiger partial charge on any atom is 0.0576 e. The summed E-state index contributed by atoms with van der Waals surface area (Å²) in [6.45, 7) is 7.38. The molecule has 0 aliphatic heterocycles. The van der Waals surface area contributed by atoms with Crippen molar-refractivity contribution < 1.29 is 5.11 Å². The Labute approximate surface area is 136 Å². The molecule has 7 atom stereocenters. The van der Waals surface area contributed by atoms with Gasteiger partial charge >= 0.3 is 0 Å². The van der Waals surface area contributed by atoms with E-state index in [1.54, 1.807) is 5.57 Å². The average Bonchev–Trinajstić information content (AvgIpc) is 2.76. The van der Waals surface area contributed by atoms with E-state index in [-0.39, 0.29) is 6.10 Å². The van der Waals surface area contributed by atoms with E-state index in [1.165, 1.54) is 44.9 Å². The second-order valence-corrected chi connectivity index (χ2v) is 9.33. The van der Waals surface area contributed by atoms with Crippen molar-refractivity contribution in [2.45, 2.75) is 84.7 Å². The van der Waals surface area contributed by atoms with Crippen LogP contribution in [0.2, 0.25) is 0 Å². The summed E-state index contributed by atoms with van der Waals surface area (Å²) in [5.74, 6) is 3.05. The molecule has 1 N–H and O–H groups in total. The Kier molecular flexibility index (Phi) is 3.53. The fourth-order valence-electron chi connectivity index (χ4n) is 7.55. The summed E-state index contributed by atoms with van der Waals surface area (Å²) in [6.07, 6.45) is 14.5. The van der Waals surface area contributed by atoms with Crippen LogP contribution in [0.25, 0.3) is 0 Å². The van der Waals surface area contributed by atoms with E-state index in [0.29, 0.717) is 16.7 Å². The highest BCUT2D eigenvalue weighted by molar-refractivity contribution is 5.24. The van der Waals surface area contributed by atoms with Crippen molar-refractivity contribution in [3.63, 3.8) is 0 Å². The number of hydrogen-bond donors (Lipinski definition) is 1. The minimum atomic E-state index is -0.0386. The van der Waals surface area contributed by atoms with Gasteiger partial charge in [0.15, 0.2) is 0 Å². The zero-order valence-corrected chi connectivity index (χ0v) is 14.8. The molecule has 0 heterocycles. The van der Waals surface area contributed by atoms with Crippen LogP contribution in [0, 0.1) is 34.5 Å². The van der Waals surface area contributed by atoms with E-state index < -0.39 is 0 Å². The van der Waals surface area contributed by atoms with Gasteiger partial charge in [0.05, 0.1) is 6.10 Å². The number of aliphatic hydroxyl groups excluding tert-OH is 1. The number of rotatable bonds is 1. The summed E-state index contributed by atoms with van der Waals surface area (Å²) in [6, 6.07) is 0. The number of fused-ring (bicyclic) bond motifs is 5. The van der Waals surface area contributed by atoms with Crippen molar-refractivity contribution in [1.82, 2.24) is 0 Å². The molecule has 0 bridgehead atoms. The second-order valence-electron chi connectivity index (χ2n) is 9.33. The summed E-state index contributed by atoms with van der Waals surface area (Å²) >= 11 is 0. The maximum atomic E-state index is 10.7. The van der Waals surface area contributed by atoms with Crippen molar-refractivity contribution in [2.24, 2.45) is 34.5 Å². The molecule has 22 heavy (non-hydrogen) atoms. The fraction of sp³-hybridized carbons (Fsp3) is 0.905. The molecule has 0 saturated heterocycles.